The van der Waals surface area contributed by atoms with Crippen molar-refractivity contribution >= 4 is 45.9 Å². The summed E-state index contributed by atoms with van der Waals surface area (Å²) in [6, 6.07) is 2.69. The van der Waals surface area contributed by atoms with Crippen LogP contribution in [-0.4, -0.2) is 46.0 Å². The van der Waals surface area contributed by atoms with Gasteiger partial charge in [0.05, 0.1) is 11.4 Å². The van der Waals surface area contributed by atoms with Crippen LogP contribution < -0.4 is 5.32 Å². The predicted octanol–water partition coefficient (Wildman–Crippen LogP) is 2.95. The van der Waals surface area contributed by atoms with Gasteiger partial charge >= 0.3 is 5.97 Å². The van der Waals surface area contributed by atoms with E-state index in [1.165, 1.54) is 18.7 Å². The molecule has 0 radical (unpaired) electrons. The number of ether oxygens (including phenoxy) is 1. The van der Waals surface area contributed by atoms with Crippen molar-refractivity contribution in [1.29, 1.82) is 0 Å². The van der Waals surface area contributed by atoms with Crippen LogP contribution in [0.25, 0.3) is 0 Å². The Labute approximate surface area is 154 Å². The van der Waals surface area contributed by atoms with Crippen molar-refractivity contribution in [2.24, 2.45) is 0 Å². The number of nitrogens with zero attached hydrogens (tertiary/aromatic N) is 1. The number of nitrogens with one attached hydrogen (secondary N) is 1. The summed E-state index contributed by atoms with van der Waals surface area (Å²) in [5.74, 6) is -2.83. The van der Waals surface area contributed by atoms with Gasteiger partial charge in [-0.1, -0.05) is 24.0 Å². The molecule has 1 aliphatic rings. The second-order valence-corrected chi connectivity index (χ2v) is 7.10. The van der Waals surface area contributed by atoms with Crippen LogP contribution in [0.4, 0.5) is 14.5 Å². The highest BCUT2D eigenvalue weighted by atomic mass is 32.2. The molecule has 2 rings (SSSR count). The maximum Gasteiger partial charge on any atom is 0.317 e. The molecule has 0 saturated carbocycles. The first-order valence-corrected chi connectivity index (χ1v) is 9.13. The summed E-state index contributed by atoms with van der Waals surface area (Å²) in [4.78, 5) is 25.8. The number of rotatable bonds is 5. The third-order valence-electron chi connectivity index (χ3n) is 3.54. The summed E-state index contributed by atoms with van der Waals surface area (Å²) in [7, 11) is 0. The van der Waals surface area contributed by atoms with Gasteiger partial charge in [-0.05, 0) is 31.9 Å². The zero-order valence-corrected chi connectivity index (χ0v) is 15.2. The Morgan fingerprint density at radius 2 is 2.04 bits per heavy atom. The fourth-order valence-electron chi connectivity index (χ4n) is 2.22. The van der Waals surface area contributed by atoms with Gasteiger partial charge in [0.25, 0.3) is 5.91 Å². The molecule has 0 unspecified atom stereocenters. The van der Waals surface area contributed by atoms with Gasteiger partial charge in [0.15, 0.2) is 6.10 Å². The van der Waals surface area contributed by atoms with Crippen LogP contribution in [0, 0.1) is 11.6 Å². The van der Waals surface area contributed by atoms with Crippen LogP contribution in [0.2, 0.25) is 0 Å². The lowest BCUT2D eigenvalue weighted by Gasteiger charge is -2.18. The van der Waals surface area contributed by atoms with Crippen LogP contribution >= 0.6 is 24.0 Å². The molecule has 1 aliphatic heterocycles. The van der Waals surface area contributed by atoms with E-state index >= 15 is 0 Å². The van der Waals surface area contributed by atoms with E-state index in [-0.39, 0.29) is 11.4 Å². The number of anilines is 1. The maximum atomic E-state index is 13.5. The third kappa shape index (κ3) is 5.93. The molecule has 1 aromatic rings. The first kappa shape index (κ1) is 19.6. The van der Waals surface area contributed by atoms with Crippen LogP contribution in [0.5, 0.6) is 0 Å². The number of hydrogen-bond donors (Lipinski definition) is 1. The van der Waals surface area contributed by atoms with E-state index in [1.807, 2.05) is 4.90 Å². The van der Waals surface area contributed by atoms with E-state index < -0.39 is 29.6 Å². The second kappa shape index (κ2) is 9.10. The maximum absolute atomic E-state index is 13.5. The van der Waals surface area contributed by atoms with Crippen LogP contribution in [0.3, 0.4) is 0 Å². The lowest BCUT2D eigenvalue weighted by Crippen LogP contribution is -2.31. The second-order valence-electron chi connectivity index (χ2n) is 5.49. The van der Waals surface area contributed by atoms with Crippen LogP contribution in [-0.2, 0) is 14.3 Å². The number of thioether (sulfide) groups is 1. The molecule has 5 nitrogen and oxygen atoms in total. The number of esters is 1. The van der Waals surface area contributed by atoms with Crippen molar-refractivity contribution in [3.05, 3.63) is 29.8 Å². The monoisotopic (exact) mass is 388 g/mol. The summed E-state index contributed by atoms with van der Waals surface area (Å²) in [6.07, 6.45) is 1.02. The number of hydrogen-bond acceptors (Lipinski definition) is 5. The van der Waals surface area contributed by atoms with Crippen molar-refractivity contribution in [2.75, 3.05) is 24.2 Å². The lowest BCUT2D eigenvalue weighted by atomic mass is 10.2. The highest BCUT2D eigenvalue weighted by Gasteiger charge is 2.21. The van der Waals surface area contributed by atoms with Gasteiger partial charge in [-0.2, -0.15) is 0 Å². The number of halogens is 2. The lowest BCUT2D eigenvalue weighted by molar-refractivity contribution is -0.150. The normalized spacial score (nSPS) is 14.9. The first-order valence-electron chi connectivity index (χ1n) is 7.74. The number of carbonyl (C=O) groups is 2. The molecular weight excluding hydrogens is 370 g/mol. The minimum Gasteiger partial charge on any atom is -0.452 e. The van der Waals surface area contributed by atoms with Gasteiger partial charge in [0.2, 0.25) is 0 Å². The molecule has 1 N–H and O–H groups in total. The van der Waals surface area contributed by atoms with Crippen molar-refractivity contribution in [2.45, 2.75) is 25.9 Å². The number of carbonyl (C=O) groups excluding carboxylic acids is 2. The topological polar surface area (TPSA) is 58.6 Å². The fourth-order valence-corrected chi connectivity index (χ4v) is 3.26. The van der Waals surface area contributed by atoms with Crippen LogP contribution in [0.1, 0.15) is 19.8 Å². The molecule has 1 amide bonds. The number of likely N-dealkylation sites (tertiary alicyclic amines) is 1. The van der Waals surface area contributed by atoms with Gasteiger partial charge in [-0.15, -0.1) is 0 Å². The zero-order valence-electron chi connectivity index (χ0n) is 13.6. The molecule has 136 valence electrons. The minimum absolute atomic E-state index is 0.0126. The number of thiocarbonyl (C=S) groups is 1. The average Bonchev–Trinajstić information content (AvgIpc) is 3.10. The van der Waals surface area contributed by atoms with E-state index in [1.54, 1.807) is 0 Å². The fraction of sp³-hybridized carbons (Fsp3) is 0.438. The molecule has 25 heavy (non-hydrogen) atoms. The summed E-state index contributed by atoms with van der Waals surface area (Å²) in [5, 5.41) is 2.19. The molecule has 1 aromatic carbocycles. The Kier molecular flexibility index (Phi) is 7.12. The van der Waals surface area contributed by atoms with E-state index in [2.05, 4.69) is 5.32 Å². The van der Waals surface area contributed by atoms with E-state index in [4.69, 9.17) is 17.0 Å². The molecule has 1 atom stereocenters. The number of benzene rings is 1. The highest BCUT2D eigenvalue weighted by Crippen LogP contribution is 2.17. The molecule has 0 aromatic heterocycles. The van der Waals surface area contributed by atoms with Gasteiger partial charge in [0, 0.05) is 19.2 Å². The third-order valence-corrected chi connectivity index (χ3v) is 5.04. The molecule has 1 heterocycles. The SMILES string of the molecule is C[C@@H](OC(=O)CSC(=S)N1CCCC1)C(=O)Nc1cc(F)ccc1F. The quantitative estimate of drug-likeness (QED) is 0.618. The molecule has 9 heteroatoms. The molecular formula is C16H18F2N2O3S2. The van der Waals surface area contributed by atoms with Crippen molar-refractivity contribution in [1.82, 2.24) is 4.90 Å². The van der Waals surface area contributed by atoms with Gasteiger partial charge < -0.3 is 15.0 Å². The molecule has 0 bridgehead atoms. The summed E-state index contributed by atoms with van der Waals surface area (Å²) < 4.78 is 32.2. The van der Waals surface area contributed by atoms with E-state index in [9.17, 15) is 18.4 Å². The average molecular weight is 388 g/mol. The summed E-state index contributed by atoms with van der Waals surface area (Å²) in [5.41, 5.74) is -0.308. The summed E-state index contributed by atoms with van der Waals surface area (Å²) >= 11 is 6.42. The first-order chi connectivity index (χ1) is 11.9. The molecule has 1 fully saturated rings. The summed E-state index contributed by atoms with van der Waals surface area (Å²) in [6.45, 7) is 3.13. The Morgan fingerprint density at radius 1 is 1.36 bits per heavy atom. The van der Waals surface area contributed by atoms with Crippen molar-refractivity contribution in [3.63, 3.8) is 0 Å². The van der Waals surface area contributed by atoms with E-state index in [0.29, 0.717) is 4.32 Å². The Bertz CT molecular complexity index is 667. The Balaban J connectivity index is 1.78. The zero-order chi connectivity index (χ0) is 18.4. The van der Waals surface area contributed by atoms with Gasteiger partial charge in [0.1, 0.15) is 16.0 Å². The Hall–Kier alpha value is -1.74. The Morgan fingerprint density at radius 3 is 2.72 bits per heavy atom. The van der Waals surface area contributed by atoms with E-state index in [0.717, 1.165) is 44.1 Å². The minimum atomic E-state index is -1.14. The van der Waals surface area contributed by atoms with Crippen molar-refractivity contribution in [3.8, 4) is 0 Å². The highest BCUT2D eigenvalue weighted by molar-refractivity contribution is 8.23. The van der Waals surface area contributed by atoms with Gasteiger partial charge in [-0.25, -0.2) is 8.78 Å². The molecule has 0 aliphatic carbocycles. The molecule has 0 spiro atoms. The largest absolute Gasteiger partial charge is 0.452 e. The smallest absolute Gasteiger partial charge is 0.317 e. The van der Waals surface area contributed by atoms with Gasteiger partial charge in [-0.3, -0.25) is 9.59 Å². The predicted molar refractivity (Wildman–Crippen MR) is 96.4 cm³/mol. The standard InChI is InChI=1S/C16H18F2N2O3S2/c1-10(15(22)19-13-8-11(17)4-5-12(13)18)23-14(21)9-25-16(24)20-6-2-3-7-20/h4-5,8,10H,2-3,6-7,9H2,1H3,(H,19,22)/t10-/m1/s1. The molecule has 1 saturated heterocycles. The van der Waals surface area contributed by atoms with Crippen LogP contribution in [0.15, 0.2) is 18.2 Å². The number of amides is 1. The van der Waals surface area contributed by atoms with Crippen molar-refractivity contribution < 1.29 is 23.1 Å².